The summed E-state index contributed by atoms with van der Waals surface area (Å²) in [6.07, 6.45) is 4.33. The number of carbonyl (C=O) groups excluding carboxylic acids is 3. The van der Waals surface area contributed by atoms with E-state index in [2.05, 4.69) is 9.88 Å². The Morgan fingerprint density at radius 1 is 0.966 bits per heavy atom. The Hall–Kier alpha value is -3.67. The van der Waals surface area contributed by atoms with Gasteiger partial charge in [-0.2, -0.15) is 0 Å². The Labute approximate surface area is 168 Å². The molecule has 1 N–H and O–H groups in total. The van der Waals surface area contributed by atoms with E-state index in [0.29, 0.717) is 5.69 Å². The van der Waals surface area contributed by atoms with Crippen LogP contribution >= 0.6 is 0 Å². The Morgan fingerprint density at radius 3 is 2.38 bits per heavy atom. The molecule has 2 aromatic carbocycles. The maximum absolute atomic E-state index is 13.1. The van der Waals surface area contributed by atoms with Crippen LogP contribution in [0, 0.1) is 0 Å². The number of rotatable bonds is 4. The lowest BCUT2D eigenvalue weighted by molar-refractivity contribution is -0.122. The number of benzene rings is 2. The summed E-state index contributed by atoms with van der Waals surface area (Å²) < 4.78 is 2.05. The van der Waals surface area contributed by atoms with Gasteiger partial charge in [-0.25, -0.2) is 9.69 Å². The molecule has 4 rings (SSSR count). The second-order valence-electron chi connectivity index (χ2n) is 6.87. The molecule has 1 aliphatic heterocycles. The highest BCUT2D eigenvalue weighted by molar-refractivity contribution is 6.39. The van der Waals surface area contributed by atoms with E-state index in [-0.39, 0.29) is 5.57 Å². The predicted molar refractivity (Wildman–Crippen MR) is 112 cm³/mol. The van der Waals surface area contributed by atoms with Gasteiger partial charge in [-0.3, -0.25) is 14.9 Å². The summed E-state index contributed by atoms with van der Waals surface area (Å²) in [5, 5.41) is 3.22. The number of urea groups is 1. The molecule has 0 spiro atoms. The lowest BCUT2D eigenvalue weighted by Crippen LogP contribution is -2.54. The molecular formula is C23H21N3O3. The smallest absolute Gasteiger partial charge is 0.335 e. The Balaban J connectivity index is 1.78. The van der Waals surface area contributed by atoms with Crippen LogP contribution in [0.15, 0.2) is 60.3 Å². The zero-order valence-corrected chi connectivity index (χ0v) is 16.3. The number of aryl methyl sites for hydroxylation is 2. The summed E-state index contributed by atoms with van der Waals surface area (Å²) in [5.74, 6) is -1.31. The highest BCUT2D eigenvalue weighted by Gasteiger charge is 2.36. The first-order valence-electron chi connectivity index (χ1n) is 9.61. The number of nitrogens with one attached hydrogen (secondary N) is 1. The molecule has 1 fully saturated rings. The number of nitrogens with zero attached hydrogens (tertiary/aromatic N) is 2. The number of amides is 4. The van der Waals surface area contributed by atoms with Crippen molar-refractivity contribution in [3.8, 4) is 0 Å². The van der Waals surface area contributed by atoms with E-state index in [1.54, 1.807) is 18.2 Å². The van der Waals surface area contributed by atoms with Crippen molar-refractivity contribution in [1.29, 1.82) is 0 Å². The monoisotopic (exact) mass is 387 g/mol. The van der Waals surface area contributed by atoms with Gasteiger partial charge in [0.15, 0.2) is 0 Å². The van der Waals surface area contributed by atoms with Crippen LogP contribution in [0.2, 0.25) is 0 Å². The topological polar surface area (TPSA) is 71.4 Å². The number of para-hydroxylation sites is 1. The molecule has 2 heterocycles. The average molecular weight is 387 g/mol. The van der Waals surface area contributed by atoms with Gasteiger partial charge in [0.1, 0.15) is 5.57 Å². The van der Waals surface area contributed by atoms with E-state index in [1.807, 2.05) is 56.4 Å². The van der Waals surface area contributed by atoms with Crippen LogP contribution in [-0.4, -0.2) is 22.4 Å². The Kier molecular flexibility index (Phi) is 4.76. The fourth-order valence-corrected chi connectivity index (χ4v) is 3.58. The summed E-state index contributed by atoms with van der Waals surface area (Å²) in [7, 11) is 0. The molecule has 29 heavy (non-hydrogen) atoms. The Bertz CT molecular complexity index is 1160. The van der Waals surface area contributed by atoms with Gasteiger partial charge in [0, 0.05) is 29.2 Å². The molecule has 0 saturated carbocycles. The molecule has 6 heteroatoms. The summed E-state index contributed by atoms with van der Waals surface area (Å²) in [6.45, 7) is 4.82. The van der Waals surface area contributed by atoms with E-state index < -0.39 is 17.8 Å². The zero-order valence-electron chi connectivity index (χ0n) is 16.3. The average Bonchev–Trinajstić information content (AvgIpc) is 3.09. The molecule has 0 bridgehead atoms. The van der Waals surface area contributed by atoms with Crippen molar-refractivity contribution in [2.75, 3.05) is 4.90 Å². The van der Waals surface area contributed by atoms with Gasteiger partial charge in [-0.15, -0.1) is 0 Å². The lowest BCUT2D eigenvalue weighted by Gasteiger charge is -2.26. The maximum atomic E-state index is 13.1. The molecule has 0 atom stereocenters. The number of hydrogen-bond acceptors (Lipinski definition) is 3. The van der Waals surface area contributed by atoms with Gasteiger partial charge in [0.25, 0.3) is 11.8 Å². The van der Waals surface area contributed by atoms with Crippen LogP contribution in [0.5, 0.6) is 0 Å². The van der Waals surface area contributed by atoms with Crippen molar-refractivity contribution < 1.29 is 14.4 Å². The predicted octanol–water partition coefficient (Wildman–Crippen LogP) is 3.89. The molecule has 4 amide bonds. The largest absolute Gasteiger partial charge is 0.347 e. The van der Waals surface area contributed by atoms with E-state index in [1.165, 1.54) is 0 Å². The minimum Gasteiger partial charge on any atom is -0.347 e. The van der Waals surface area contributed by atoms with Crippen molar-refractivity contribution in [3.05, 3.63) is 71.4 Å². The van der Waals surface area contributed by atoms with Gasteiger partial charge in [0.2, 0.25) is 0 Å². The molecule has 0 unspecified atom stereocenters. The van der Waals surface area contributed by atoms with E-state index >= 15 is 0 Å². The van der Waals surface area contributed by atoms with Crippen molar-refractivity contribution in [2.45, 2.75) is 26.8 Å². The first kappa shape index (κ1) is 18.7. The van der Waals surface area contributed by atoms with Gasteiger partial charge in [-0.1, -0.05) is 37.3 Å². The third-order valence-corrected chi connectivity index (χ3v) is 5.16. The number of anilines is 1. The highest BCUT2D eigenvalue weighted by Crippen LogP contribution is 2.26. The standard InChI is InChI=1S/C23H21N3O3/c1-3-15-9-11-17(12-10-15)26-22(28)19(21(27)24-23(26)29)13-16-14-25(4-2)20-8-6-5-7-18(16)20/h5-14H,3-4H2,1-2H3,(H,24,27,29)/b19-13+. The van der Waals surface area contributed by atoms with Gasteiger partial charge >= 0.3 is 6.03 Å². The van der Waals surface area contributed by atoms with Crippen molar-refractivity contribution >= 4 is 40.5 Å². The second-order valence-corrected chi connectivity index (χ2v) is 6.87. The molecular weight excluding hydrogens is 366 g/mol. The van der Waals surface area contributed by atoms with Crippen LogP contribution in [-0.2, 0) is 22.6 Å². The van der Waals surface area contributed by atoms with E-state index in [4.69, 9.17) is 0 Å². The van der Waals surface area contributed by atoms with E-state index in [0.717, 1.165) is 39.9 Å². The van der Waals surface area contributed by atoms with Crippen LogP contribution in [0.4, 0.5) is 10.5 Å². The summed E-state index contributed by atoms with van der Waals surface area (Å²) in [6, 6.07) is 14.2. The molecule has 1 aromatic heterocycles. The Morgan fingerprint density at radius 2 is 1.69 bits per heavy atom. The quantitative estimate of drug-likeness (QED) is 0.545. The zero-order chi connectivity index (χ0) is 20.5. The number of carbonyl (C=O) groups is 3. The lowest BCUT2D eigenvalue weighted by atomic mass is 10.1. The second kappa shape index (κ2) is 7.39. The summed E-state index contributed by atoms with van der Waals surface area (Å²) in [5.41, 5.74) is 3.24. The fourth-order valence-electron chi connectivity index (χ4n) is 3.58. The molecule has 3 aromatic rings. The van der Waals surface area contributed by atoms with Gasteiger partial charge in [-0.05, 0) is 43.2 Å². The normalized spacial score (nSPS) is 16.0. The molecule has 0 aliphatic carbocycles. The molecule has 0 radical (unpaired) electrons. The number of fused-ring (bicyclic) bond motifs is 1. The third kappa shape index (κ3) is 3.23. The summed E-state index contributed by atoms with van der Waals surface area (Å²) in [4.78, 5) is 38.9. The number of barbiturate groups is 1. The van der Waals surface area contributed by atoms with Crippen LogP contribution in [0.3, 0.4) is 0 Å². The molecule has 6 nitrogen and oxygen atoms in total. The number of aromatic nitrogens is 1. The van der Waals surface area contributed by atoms with Gasteiger partial charge in [0.05, 0.1) is 5.69 Å². The van der Waals surface area contributed by atoms with Crippen molar-refractivity contribution in [3.63, 3.8) is 0 Å². The number of imide groups is 2. The highest BCUT2D eigenvalue weighted by atomic mass is 16.2. The summed E-state index contributed by atoms with van der Waals surface area (Å²) >= 11 is 0. The first-order chi connectivity index (χ1) is 14.0. The van der Waals surface area contributed by atoms with Gasteiger partial charge < -0.3 is 4.57 Å². The molecule has 146 valence electrons. The maximum Gasteiger partial charge on any atom is 0.335 e. The van der Waals surface area contributed by atoms with Crippen LogP contribution < -0.4 is 10.2 Å². The molecule has 1 saturated heterocycles. The van der Waals surface area contributed by atoms with Crippen LogP contribution in [0.1, 0.15) is 25.0 Å². The fraction of sp³-hybridized carbons (Fsp3) is 0.174. The van der Waals surface area contributed by atoms with E-state index in [9.17, 15) is 14.4 Å². The first-order valence-corrected chi connectivity index (χ1v) is 9.61. The third-order valence-electron chi connectivity index (χ3n) is 5.16. The van der Waals surface area contributed by atoms with Crippen molar-refractivity contribution in [1.82, 2.24) is 9.88 Å². The van der Waals surface area contributed by atoms with Crippen molar-refractivity contribution in [2.24, 2.45) is 0 Å². The minimum atomic E-state index is -0.739. The van der Waals surface area contributed by atoms with Crippen LogP contribution in [0.25, 0.3) is 17.0 Å². The minimum absolute atomic E-state index is 0.0665. The number of hydrogen-bond donors (Lipinski definition) is 1. The molecule has 1 aliphatic rings. The SMILES string of the molecule is CCc1ccc(N2C(=O)NC(=O)/C(=C\c3cn(CC)c4ccccc34)C2=O)cc1.